The summed E-state index contributed by atoms with van der Waals surface area (Å²) in [5.74, 6) is -0.0244. The standard InChI is InChI=1S/C13H17BrN2O2S/c1-7(2)10-5-9(6-15)11(8(3)4)13(12(10)14)19(16,17)18/h5,7-8H,1-4H3,(H2,16,17,18). The van der Waals surface area contributed by atoms with Gasteiger partial charge in [-0.05, 0) is 45.0 Å². The minimum Gasteiger partial charge on any atom is -0.225 e. The molecule has 0 unspecified atom stereocenters. The van der Waals surface area contributed by atoms with E-state index in [0.29, 0.717) is 15.6 Å². The summed E-state index contributed by atoms with van der Waals surface area (Å²) in [4.78, 5) is 0.0326. The molecule has 2 N–H and O–H groups in total. The first-order valence-corrected chi connectivity index (χ1v) is 8.24. The van der Waals surface area contributed by atoms with E-state index in [1.807, 2.05) is 27.7 Å². The van der Waals surface area contributed by atoms with Gasteiger partial charge in [-0.25, -0.2) is 13.6 Å². The van der Waals surface area contributed by atoms with Gasteiger partial charge < -0.3 is 0 Å². The summed E-state index contributed by atoms with van der Waals surface area (Å²) < 4.78 is 24.2. The van der Waals surface area contributed by atoms with Crippen molar-refractivity contribution in [3.63, 3.8) is 0 Å². The molecule has 19 heavy (non-hydrogen) atoms. The SMILES string of the molecule is CC(C)c1cc(C#N)c(C(C)C)c(S(N)(=O)=O)c1Br. The predicted molar refractivity (Wildman–Crippen MR) is 78.4 cm³/mol. The van der Waals surface area contributed by atoms with Gasteiger partial charge in [0.05, 0.1) is 11.6 Å². The molecular weight excluding hydrogens is 328 g/mol. The van der Waals surface area contributed by atoms with Gasteiger partial charge in [-0.1, -0.05) is 27.7 Å². The van der Waals surface area contributed by atoms with Crippen molar-refractivity contribution in [2.24, 2.45) is 5.14 Å². The van der Waals surface area contributed by atoms with Crippen molar-refractivity contribution in [2.75, 3.05) is 0 Å². The normalized spacial score (nSPS) is 11.9. The Bertz CT molecular complexity index is 644. The van der Waals surface area contributed by atoms with E-state index in [9.17, 15) is 13.7 Å². The molecule has 4 nitrogen and oxygen atoms in total. The summed E-state index contributed by atoms with van der Waals surface area (Å²) in [5, 5.41) is 14.6. The van der Waals surface area contributed by atoms with Crippen LogP contribution < -0.4 is 5.14 Å². The summed E-state index contributed by atoms with van der Waals surface area (Å²) in [5.41, 5.74) is 1.61. The number of rotatable bonds is 3. The van der Waals surface area contributed by atoms with Crippen LogP contribution in [0, 0.1) is 11.3 Å². The second kappa shape index (κ2) is 5.61. The van der Waals surface area contributed by atoms with Crippen LogP contribution in [0.25, 0.3) is 0 Å². The molecule has 1 aromatic carbocycles. The zero-order valence-corrected chi connectivity index (χ0v) is 13.8. The lowest BCUT2D eigenvalue weighted by Gasteiger charge is -2.19. The zero-order valence-electron chi connectivity index (χ0n) is 11.4. The minimum atomic E-state index is -3.90. The van der Waals surface area contributed by atoms with Gasteiger partial charge in [-0.15, -0.1) is 0 Å². The maximum atomic E-state index is 11.9. The van der Waals surface area contributed by atoms with Crippen molar-refractivity contribution < 1.29 is 8.42 Å². The van der Waals surface area contributed by atoms with Gasteiger partial charge in [-0.2, -0.15) is 5.26 Å². The first-order valence-electron chi connectivity index (χ1n) is 5.90. The molecule has 6 heteroatoms. The van der Waals surface area contributed by atoms with Gasteiger partial charge in [-0.3, -0.25) is 0 Å². The number of halogens is 1. The molecule has 0 heterocycles. The summed E-state index contributed by atoms with van der Waals surface area (Å²) in [6.07, 6.45) is 0. The third kappa shape index (κ3) is 3.16. The maximum Gasteiger partial charge on any atom is 0.239 e. The highest BCUT2D eigenvalue weighted by Crippen LogP contribution is 2.38. The first-order chi connectivity index (χ1) is 8.61. The molecule has 0 saturated heterocycles. The van der Waals surface area contributed by atoms with Crippen molar-refractivity contribution in [2.45, 2.75) is 44.4 Å². The van der Waals surface area contributed by atoms with Crippen LogP contribution in [-0.4, -0.2) is 8.42 Å². The number of benzene rings is 1. The second-order valence-electron chi connectivity index (χ2n) is 5.04. The number of primary sulfonamides is 1. The lowest BCUT2D eigenvalue weighted by Crippen LogP contribution is -2.18. The van der Waals surface area contributed by atoms with E-state index in [1.165, 1.54) is 0 Å². The number of nitrogens with zero attached hydrogens (tertiary/aromatic N) is 1. The molecule has 0 aromatic heterocycles. The zero-order chi connectivity index (χ0) is 15.0. The van der Waals surface area contributed by atoms with Crippen molar-refractivity contribution >= 4 is 26.0 Å². The molecule has 0 amide bonds. The number of hydrogen-bond donors (Lipinski definition) is 1. The second-order valence-corrected chi connectivity index (χ2v) is 7.33. The molecule has 0 fully saturated rings. The average molecular weight is 345 g/mol. The summed E-state index contributed by atoms with van der Waals surface area (Å²) >= 11 is 3.33. The van der Waals surface area contributed by atoms with Crippen LogP contribution in [0.5, 0.6) is 0 Å². The van der Waals surface area contributed by atoms with Gasteiger partial charge in [0.25, 0.3) is 0 Å². The molecule has 0 aliphatic heterocycles. The Kier molecular flexibility index (Phi) is 4.77. The van der Waals surface area contributed by atoms with Gasteiger partial charge in [0.1, 0.15) is 4.90 Å². The Labute approximate surface area is 122 Å². The number of sulfonamides is 1. The third-order valence-electron chi connectivity index (χ3n) is 2.89. The molecule has 0 saturated carbocycles. The van der Waals surface area contributed by atoms with Crippen LogP contribution in [-0.2, 0) is 10.0 Å². The Balaban J connectivity index is 3.95. The fourth-order valence-electron chi connectivity index (χ4n) is 2.03. The van der Waals surface area contributed by atoms with E-state index in [-0.39, 0.29) is 16.7 Å². The van der Waals surface area contributed by atoms with E-state index in [4.69, 9.17) is 5.14 Å². The van der Waals surface area contributed by atoms with E-state index in [1.54, 1.807) is 6.07 Å². The Morgan fingerprint density at radius 2 is 1.79 bits per heavy atom. The van der Waals surface area contributed by atoms with Gasteiger partial charge in [0.15, 0.2) is 0 Å². The van der Waals surface area contributed by atoms with Crippen LogP contribution in [0.3, 0.4) is 0 Å². The molecule has 1 rings (SSSR count). The van der Waals surface area contributed by atoms with Crippen molar-refractivity contribution in [1.29, 1.82) is 5.26 Å². The number of nitriles is 1. The van der Waals surface area contributed by atoms with E-state index < -0.39 is 10.0 Å². The van der Waals surface area contributed by atoms with Gasteiger partial charge in [0, 0.05) is 4.47 Å². The Hall–Kier alpha value is -0.900. The van der Waals surface area contributed by atoms with E-state index in [0.717, 1.165) is 5.56 Å². The smallest absolute Gasteiger partial charge is 0.225 e. The van der Waals surface area contributed by atoms with Crippen LogP contribution in [0.4, 0.5) is 0 Å². The van der Waals surface area contributed by atoms with Crippen molar-refractivity contribution in [1.82, 2.24) is 0 Å². The highest BCUT2D eigenvalue weighted by molar-refractivity contribution is 9.10. The van der Waals surface area contributed by atoms with E-state index >= 15 is 0 Å². The molecule has 104 valence electrons. The fourth-order valence-corrected chi connectivity index (χ4v) is 4.51. The maximum absolute atomic E-state index is 11.9. The molecule has 0 aliphatic carbocycles. The molecular formula is C13H17BrN2O2S. The summed E-state index contributed by atoms with van der Waals surface area (Å²) in [6.45, 7) is 7.55. The largest absolute Gasteiger partial charge is 0.239 e. The fraction of sp³-hybridized carbons (Fsp3) is 0.462. The van der Waals surface area contributed by atoms with Crippen LogP contribution in [0.2, 0.25) is 0 Å². The number of nitrogens with two attached hydrogens (primary N) is 1. The van der Waals surface area contributed by atoms with Crippen LogP contribution in [0.15, 0.2) is 15.4 Å². The average Bonchev–Trinajstić information content (AvgIpc) is 2.25. The van der Waals surface area contributed by atoms with Crippen molar-refractivity contribution in [3.05, 3.63) is 27.2 Å². The summed E-state index contributed by atoms with van der Waals surface area (Å²) in [7, 11) is -3.90. The Morgan fingerprint density at radius 3 is 2.11 bits per heavy atom. The molecule has 0 spiro atoms. The van der Waals surface area contributed by atoms with E-state index in [2.05, 4.69) is 22.0 Å². The highest BCUT2D eigenvalue weighted by atomic mass is 79.9. The monoisotopic (exact) mass is 344 g/mol. The summed E-state index contributed by atoms with van der Waals surface area (Å²) in [6, 6.07) is 3.81. The van der Waals surface area contributed by atoms with Crippen LogP contribution >= 0.6 is 15.9 Å². The van der Waals surface area contributed by atoms with Crippen molar-refractivity contribution in [3.8, 4) is 6.07 Å². The molecule has 0 aliphatic rings. The van der Waals surface area contributed by atoms with Crippen LogP contribution in [0.1, 0.15) is 56.2 Å². The Morgan fingerprint density at radius 1 is 1.26 bits per heavy atom. The lowest BCUT2D eigenvalue weighted by atomic mass is 9.92. The molecule has 0 atom stereocenters. The highest BCUT2D eigenvalue weighted by Gasteiger charge is 2.26. The lowest BCUT2D eigenvalue weighted by molar-refractivity contribution is 0.594. The van der Waals surface area contributed by atoms with Gasteiger partial charge >= 0.3 is 0 Å². The third-order valence-corrected chi connectivity index (χ3v) is 5.00. The number of hydrogen-bond acceptors (Lipinski definition) is 3. The molecule has 0 radical (unpaired) electrons. The molecule has 1 aromatic rings. The molecule has 0 bridgehead atoms. The topological polar surface area (TPSA) is 83.9 Å². The minimum absolute atomic E-state index is 0.0326. The first kappa shape index (κ1) is 16.2. The van der Waals surface area contributed by atoms with Gasteiger partial charge in [0.2, 0.25) is 10.0 Å². The quantitative estimate of drug-likeness (QED) is 0.913. The predicted octanol–water partition coefficient (Wildman–Crippen LogP) is 3.21.